The van der Waals surface area contributed by atoms with Gasteiger partial charge in [-0.15, -0.1) is 22.7 Å². The van der Waals surface area contributed by atoms with E-state index >= 15 is 0 Å². The Morgan fingerprint density at radius 2 is 1.97 bits per heavy atom. The van der Waals surface area contributed by atoms with E-state index in [2.05, 4.69) is 4.98 Å². The van der Waals surface area contributed by atoms with E-state index < -0.39 is 18.1 Å². The number of Topliss-reactive ketones (excluding diaryl/α,β-unsaturated/α-hetero) is 1. The topological polar surface area (TPSA) is 123 Å². The van der Waals surface area contributed by atoms with Gasteiger partial charge in [0.15, 0.2) is 5.13 Å². The van der Waals surface area contributed by atoms with Crippen LogP contribution in [0, 0.1) is 0 Å². The van der Waals surface area contributed by atoms with Crippen LogP contribution in [-0.2, 0) is 9.59 Å². The van der Waals surface area contributed by atoms with Crippen LogP contribution in [-0.4, -0.2) is 52.5 Å². The lowest BCUT2D eigenvalue weighted by Gasteiger charge is -2.34. The molecule has 11 heteroatoms. The number of carbonyl (C=O) groups is 4. The number of thiazole rings is 1. The molecule has 0 spiro atoms. The summed E-state index contributed by atoms with van der Waals surface area (Å²) in [6.45, 7) is 0.540. The highest BCUT2D eigenvalue weighted by Crippen LogP contribution is 2.38. The van der Waals surface area contributed by atoms with Crippen LogP contribution < -0.4 is 15.4 Å². The van der Waals surface area contributed by atoms with Gasteiger partial charge in [-0.3, -0.25) is 24.1 Å². The first-order valence-electron chi connectivity index (χ1n) is 11.6. The fraction of sp³-hybridized carbons (Fsp3) is 0.320. The average molecular weight is 525 g/mol. The zero-order valence-electron chi connectivity index (χ0n) is 19.3. The van der Waals surface area contributed by atoms with E-state index in [9.17, 15) is 19.2 Å². The number of para-hydroxylation sites is 1. The third-order valence-corrected chi connectivity index (χ3v) is 8.06. The molecule has 1 saturated heterocycles. The second-order valence-corrected chi connectivity index (χ2v) is 10.4. The third-order valence-electron chi connectivity index (χ3n) is 6.32. The van der Waals surface area contributed by atoms with Gasteiger partial charge in [0.25, 0.3) is 5.91 Å². The van der Waals surface area contributed by atoms with Crippen molar-refractivity contribution in [3.8, 4) is 5.75 Å². The molecule has 2 aliphatic rings. The van der Waals surface area contributed by atoms with Gasteiger partial charge in [0, 0.05) is 24.9 Å². The van der Waals surface area contributed by atoms with Crippen LogP contribution in [0.3, 0.4) is 0 Å². The first kappa shape index (κ1) is 24.1. The lowest BCUT2D eigenvalue weighted by Crippen LogP contribution is -2.51. The number of benzene rings is 1. The number of primary amides is 1. The Labute approximate surface area is 215 Å². The quantitative estimate of drug-likeness (QED) is 0.505. The zero-order valence-corrected chi connectivity index (χ0v) is 20.9. The summed E-state index contributed by atoms with van der Waals surface area (Å²) in [7, 11) is 0. The number of hydrogen-bond donors (Lipinski definition) is 1. The summed E-state index contributed by atoms with van der Waals surface area (Å²) in [5.41, 5.74) is 6.43. The van der Waals surface area contributed by atoms with Crippen LogP contribution in [0.1, 0.15) is 57.5 Å². The standard InChI is InChI=1S/C25H24N4O5S2/c26-23(32)17-7-3-4-11-28(17)20(30)10-12-29(24(33)19-9-5-13-35-19)25-27-16(14-36-25)22-21(31)15-6-1-2-8-18(15)34-22/h1-2,5-6,8-9,13-14,17,22H,3-4,7,10-12H2,(H2,26,32). The Hall–Kier alpha value is -3.57. The number of piperidine rings is 1. The molecular formula is C25H24N4O5S2. The number of likely N-dealkylation sites (tertiary alicyclic amines) is 1. The van der Waals surface area contributed by atoms with Gasteiger partial charge in [0.1, 0.15) is 17.5 Å². The molecule has 2 unspecified atom stereocenters. The highest BCUT2D eigenvalue weighted by atomic mass is 32.1. The van der Waals surface area contributed by atoms with Crippen molar-refractivity contribution in [2.75, 3.05) is 18.0 Å². The van der Waals surface area contributed by atoms with Gasteiger partial charge in [-0.1, -0.05) is 18.2 Å². The van der Waals surface area contributed by atoms with Crippen LogP contribution in [0.2, 0.25) is 0 Å². The predicted molar refractivity (Wildman–Crippen MR) is 135 cm³/mol. The predicted octanol–water partition coefficient (Wildman–Crippen LogP) is 3.42. The van der Waals surface area contributed by atoms with Gasteiger partial charge in [0.05, 0.1) is 10.4 Å². The Balaban J connectivity index is 1.36. The molecule has 0 radical (unpaired) electrons. The average Bonchev–Trinajstić information content (AvgIpc) is 3.65. The SMILES string of the molecule is NC(=O)C1CCCCN1C(=O)CCN(C(=O)c1cccs1)c1nc(C2Oc3ccccc3C2=O)cs1. The maximum absolute atomic E-state index is 13.3. The second-order valence-electron chi connectivity index (χ2n) is 8.60. The minimum absolute atomic E-state index is 0.0140. The van der Waals surface area contributed by atoms with Crippen LogP contribution in [0.25, 0.3) is 0 Å². The second kappa shape index (κ2) is 10.2. The largest absolute Gasteiger partial charge is 0.475 e. The van der Waals surface area contributed by atoms with Crippen LogP contribution in [0.4, 0.5) is 5.13 Å². The highest BCUT2D eigenvalue weighted by Gasteiger charge is 2.36. The molecule has 9 nitrogen and oxygen atoms in total. The van der Waals surface area contributed by atoms with E-state index in [0.717, 1.165) is 12.8 Å². The van der Waals surface area contributed by atoms with Crippen molar-refractivity contribution in [1.29, 1.82) is 0 Å². The number of ether oxygens (including phenoxy) is 1. The number of aromatic nitrogens is 1. The summed E-state index contributed by atoms with van der Waals surface area (Å²) >= 11 is 2.51. The summed E-state index contributed by atoms with van der Waals surface area (Å²) in [4.78, 5) is 59.1. The molecule has 3 amide bonds. The molecule has 2 aliphatic heterocycles. The van der Waals surface area contributed by atoms with E-state index in [1.807, 2.05) is 0 Å². The van der Waals surface area contributed by atoms with Gasteiger partial charge >= 0.3 is 0 Å². The number of fused-ring (bicyclic) bond motifs is 1. The van der Waals surface area contributed by atoms with Crippen molar-refractivity contribution in [3.05, 3.63) is 63.3 Å². The molecule has 186 valence electrons. The van der Waals surface area contributed by atoms with E-state index in [1.165, 1.54) is 32.5 Å². The molecule has 5 rings (SSSR count). The van der Waals surface area contributed by atoms with Crippen LogP contribution in [0.5, 0.6) is 5.75 Å². The Morgan fingerprint density at radius 1 is 1.14 bits per heavy atom. The highest BCUT2D eigenvalue weighted by molar-refractivity contribution is 7.14. The monoisotopic (exact) mass is 524 g/mol. The molecule has 2 atom stereocenters. The molecule has 2 aromatic heterocycles. The summed E-state index contributed by atoms with van der Waals surface area (Å²) in [6.07, 6.45) is 1.33. The Bertz CT molecular complexity index is 1310. The van der Waals surface area contributed by atoms with E-state index in [1.54, 1.807) is 47.2 Å². The number of anilines is 1. The molecule has 2 N–H and O–H groups in total. The Kier molecular flexibility index (Phi) is 6.84. The minimum atomic E-state index is -0.877. The van der Waals surface area contributed by atoms with E-state index in [0.29, 0.717) is 40.0 Å². The van der Waals surface area contributed by atoms with Gasteiger partial charge in [-0.2, -0.15) is 0 Å². The maximum atomic E-state index is 13.3. The van der Waals surface area contributed by atoms with Crippen molar-refractivity contribution < 1.29 is 23.9 Å². The summed E-state index contributed by atoms with van der Waals surface area (Å²) < 4.78 is 5.83. The number of thiophene rings is 1. The molecule has 0 saturated carbocycles. The summed E-state index contributed by atoms with van der Waals surface area (Å²) in [6, 6.07) is 9.89. The normalized spacial score (nSPS) is 19.0. The van der Waals surface area contributed by atoms with Crippen molar-refractivity contribution in [1.82, 2.24) is 9.88 Å². The Morgan fingerprint density at radius 3 is 2.72 bits per heavy atom. The van der Waals surface area contributed by atoms with E-state index in [4.69, 9.17) is 10.5 Å². The number of amides is 3. The van der Waals surface area contributed by atoms with Gasteiger partial charge in [0.2, 0.25) is 23.7 Å². The molecule has 3 aromatic rings. The molecule has 0 bridgehead atoms. The summed E-state index contributed by atoms with van der Waals surface area (Å²) in [5, 5.41) is 3.87. The zero-order chi connectivity index (χ0) is 25.2. The maximum Gasteiger partial charge on any atom is 0.270 e. The molecule has 36 heavy (non-hydrogen) atoms. The minimum Gasteiger partial charge on any atom is -0.475 e. The van der Waals surface area contributed by atoms with Gasteiger partial charge < -0.3 is 15.4 Å². The molecule has 4 heterocycles. The van der Waals surface area contributed by atoms with Crippen LogP contribution >= 0.6 is 22.7 Å². The molecule has 0 aliphatic carbocycles. The number of nitrogens with two attached hydrogens (primary N) is 1. The first-order valence-corrected chi connectivity index (χ1v) is 13.4. The number of hydrogen-bond acceptors (Lipinski definition) is 8. The molecule has 1 aromatic carbocycles. The summed E-state index contributed by atoms with van der Waals surface area (Å²) in [5.74, 6) is -0.711. The van der Waals surface area contributed by atoms with Crippen LogP contribution in [0.15, 0.2) is 47.2 Å². The third kappa shape index (κ3) is 4.63. The number of rotatable bonds is 7. The lowest BCUT2D eigenvalue weighted by molar-refractivity contribution is -0.140. The molecular weight excluding hydrogens is 500 g/mol. The number of carbonyl (C=O) groups excluding carboxylic acids is 4. The van der Waals surface area contributed by atoms with Crippen molar-refractivity contribution in [2.24, 2.45) is 5.73 Å². The van der Waals surface area contributed by atoms with Crippen molar-refractivity contribution >= 4 is 51.3 Å². The fourth-order valence-electron chi connectivity index (χ4n) is 4.50. The lowest BCUT2D eigenvalue weighted by atomic mass is 10.0. The number of ketones is 1. The first-order chi connectivity index (χ1) is 17.4. The smallest absolute Gasteiger partial charge is 0.270 e. The molecule has 1 fully saturated rings. The van der Waals surface area contributed by atoms with E-state index in [-0.39, 0.29) is 30.6 Å². The number of nitrogens with zero attached hydrogens (tertiary/aromatic N) is 3. The van der Waals surface area contributed by atoms with Crippen molar-refractivity contribution in [3.63, 3.8) is 0 Å². The van der Waals surface area contributed by atoms with Gasteiger partial charge in [-0.05, 0) is 42.8 Å². The van der Waals surface area contributed by atoms with Gasteiger partial charge in [-0.25, -0.2) is 4.98 Å². The fourth-order valence-corrected chi connectivity index (χ4v) is 6.04. The van der Waals surface area contributed by atoms with Crippen molar-refractivity contribution in [2.45, 2.75) is 37.8 Å².